The minimum atomic E-state index is -0.147. The molecular weight excluding hydrogens is 302 g/mol. The number of nitrogens with zero attached hydrogens (tertiary/aromatic N) is 1. The molecule has 1 aliphatic rings. The topological polar surface area (TPSA) is 75.4 Å². The van der Waals surface area contributed by atoms with Crippen LogP contribution in [0.15, 0.2) is 24.3 Å². The zero-order chi connectivity index (χ0) is 17.5. The van der Waals surface area contributed by atoms with Gasteiger partial charge < -0.3 is 16.0 Å². The molecular formula is C19H29N3O2. The maximum absolute atomic E-state index is 12.8. The lowest BCUT2D eigenvalue weighted by Crippen LogP contribution is -2.44. The maximum Gasteiger partial charge on any atom is 0.244 e. The van der Waals surface area contributed by atoms with E-state index < -0.39 is 0 Å². The molecule has 1 aromatic carbocycles. The molecule has 0 saturated heterocycles. The van der Waals surface area contributed by atoms with Crippen LogP contribution in [0.4, 0.5) is 5.69 Å². The highest BCUT2D eigenvalue weighted by atomic mass is 16.2. The second kappa shape index (κ2) is 8.83. The smallest absolute Gasteiger partial charge is 0.244 e. The molecule has 5 nitrogen and oxygen atoms in total. The number of rotatable bonds is 6. The van der Waals surface area contributed by atoms with Gasteiger partial charge in [-0.1, -0.05) is 31.5 Å². The van der Waals surface area contributed by atoms with Crippen molar-refractivity contribution in [2.75, 3.05) is 18.4 Å². The van der Waals surface area contributed by atoms with Crippen molar-refractivity contribution in [1.82, 2.24) is 4.90 Å². The molecule has 2 rings (SSSR count). The number of carbonyl (C=O) groups is 2. The first-order valence-electron chi connectivity index (χ1n) is 8.91. The monoisotopic (exact) mass is 331 g/mol. The Morgan fingerprint density at radius 2 is 2.04 bits per heavy atom. The predicted molar refractivity (Wildman–Crippen MR) is 96.6 cm³/mol. The Labute approximate surface area is 144 Å². The van der Waals surface area contributed by atoms with E-state index in [1.165, 1.54) is 0 Å². The van der Waals surface area contributed by atoms with Crippen LogP contribution in [0.2, 0.25) is 0 Å². The summed E-state index contributed by atoms with van der Waals surface area (Å²) in [5, 5.41) is 2.91. The van der Waals surface area contributed by atoms with Crippen molar-refractivity contribution in [2.45, 2.75) is 52.0 Å². The van der Waals surface area contributed by atoms with Gasteiger partial charge in [-0.05, 0) is 44.2 Å². The number of benzene rings is 1. The Bertz CT molecular complexity index is 573. The van der Waals surface area contributed by atoms with Gasteiger partial charge in [-0.25, -0.2) is 0 Å². The Morgan fingerprint density at radius 1 is 1.29 bits per heavy atom. The van der Waals surface area contributed by atoms with Gasteiger partial charge >= 0.3 is 0 Å². The number of nitrogens with one attached hydrogen (secondary N) is 1. The van der Waals surface area contributed by atoms with E-state index >= 15 is 0 Å². The zero-order valence-electron chi connectivity index (χ0n) is 14.8. The van der Waals surface area contributed by atoms with Crippen molar-refractivity contribution in [1.29, 1.82) is 0 Å². The number of para-hydroxylation sites is 1. The number of hydrogen-bond donors (Lipinski definition) is 2. The lowest BCUT2D eigenvalue weighted by Gasteiger charge is -2.31. The van der Waals surface area contributed by atoms with E-state index in [9.17, 15) is 9.59 Å². The molecule has 0 heterocycles. The van der Waals surface area contributed by atoms with Gasteiger partial charge in [-0.2, -0.15) is 0 Å². The molecule has 2 atom stereocenters. The van der Waals surface area contributed by atoms with Crippen molar-refractivity contribution in [3.8, 4) is 0 Å². The number of amides is 2. The molecule has 1 fully saturated rings. The van der Waals surface area contributed by atoms with E-state index in [2.05, 4.69) is 5.32 Å². The zero-order valence-corrected chi connectivity index (χ0v) is 14.8. The summed E-state index contributed by atoms with van der Waals surface area (Å²) in [7, 11) is 0. The van der Waals surface area contributed by atoms with E-state index in [-0.39, 0.29) is 30.3 Å². The largest absolute Gasteiger partial charge is 0.333 e. The predicted octanol–water partition coefficient (Wildman–Crippen LogP) is 2.69. The van der Waals surface area contributed by atoms with Gasteiger partial charge in [0.25, 0.3) is 0 Å². The molecule has 24 heavy (non-hydrogen) atoms. The standard InChI is InChI=1S/C19H29N3O2/c1-3-11-22(19(24)15-8-6-9-16(20)12-15)13-18(23)21-17-10-5-4-7-14(17)2/h4-5,7,10,15-16H,3,6,8-9,11-13,20H2,1-2H3,(H,21,23). The van der Waals surface area contributed by atoms with Gasteiger partial charge in [0.1, 0.15) is 0 Å². The summed E-state index contributed by atoms with van der Waals surface area (Å²) in [6.07, 6.45) is 4.44. The first-order valence-corrected chi connectivity index (χ1v) is 8.91. The van der Waals surface area contributed by atoms with E-state index in [4.69, 9.17) is 5.73 Å². The van der Waals surface area contributed by atoms with Crippen LogP contribution in [0, 0.1) is 12.8 Å². The van der Waals surface area contributed by atoms with Gasteiger partial charge in [-0.3, -0.25) is 9.59 Å². The molecule has 1 aliphatic carbocycles. The van der Waals surface area contributed by atoms with Gasteiger partial charge in [0.2, 0.25) is 11.8 Å². The lowest BCUT2D eigenvalue weighted by molar-refractivity contribution is -0.139. The average molecular weight is 331 g/mol. The summed E-state index contributed by atoms with van der Waals surface area (Å²) in [5.41, 5.74) is 7.82. The van der Waals surface area contributed by atoms with Crippen molar-refractivity contribution in [3.05, 3.63) is 29.8 Å². The van der Waals surface area contributed by atoms with Crippen molar-refractivity contribution in [2.24, 2.45) is 11.7 Å². The second-order valence-corrected chi connectivity index (χ2v) is 6.75. The highest BCUT2D eigenvalue weighted by Crippen LogP contribution is 2.25. The molecule has 0 radical (unpaired) electrons. The highest BCUT2D eigenvalue weighted by molar-refractivity contribution is 5.95. The molecule has 0 aromatic heterocycles. The maximum atomic E-state index is 12.8. The number of nitrogens with two attached hydrogens (primary N) is 1. The summed E-state index contributed by atoms with van der Waals surface area (Å²) in [6, 6.07) is 7.76. The first kappa shape index (κ1) is 18.5. The number of carbonyl (C=O) groups excluding carboxylic acids is 2. The van der Waals surface area contributed by atoms with Gasteiger partial charge in [-0.15, -0.1) is 0 Å². The number of hydrogen-bond acceptors (Lipinski definition) is 3. The van der Waals surface area contributed by atoms with E-state index in [1.807, 2.05) is 38.1 Å². The van der Waals surface area contributed by atoms with Gasteiger partial charge in [0.15, 0.2) is 0 Å². The molecule has 2 unspecified atom stereocenters. The fraction of sp³-hybridized carbons (Fsp3) is 0.579. The summed E-state index contributed by atoms with van der Waals surface area (Å²) in [6.45, 7) is 4.68. The molecule has 1 saturated carbocycles. The Balaban J connectivity index is 1.98. The van der Waals surface area contributed by atoms with Crippen LogP contribution in [0.25, 0.3) is 0 Å². The third kappa shape index (κ3) is 5.06. The summed E-state index contributed by atoms with van der Waals surface area (Å²) in [5.74, 6) is -0.107. The quantitative estimate of drug-likeness (QED) is 0.841. The number of anilines is 1. The Hall–Kier alpha value is -1.88. The van der Waals surface area contributed by atoms with Crippen LogP contribution in [-0.4, -0.2) is 35.8 Å². The highest BCUT2D eigenvalue weighted by Gasteiger charge is 2.29. The van der Waals surface area contributed by atoms with Crippen LogP contribution in [-0.2, 0) is 9.59 Å². The lowest BCUT2D eigenvalue weighted by atomic mass is 9.85. The first-order chi connectivity index (χ1) is 11.5. The SMILES string of the molecule is CCCN(CC(=O)Nc1ccccc1C)C(=O)C1CCCC(N)C1. The minimum Gasteiger partial charge on any atom is -0.333 e. The number of aryl methyl sites for hydroxylation is 1. The summed E-state index contributed by atoms with van der Waals surface area (Å²) in [4.78, 5) is 26.8. The van der Waals surface area contributed by atoms with Crippen LogP contribution < -0.4 is 11.1 Å². The van der Waals surface area contributed by atoms with E-state index in [1.54, 1.807) is 4.90 Å². The average Bonchev–Trinajstić information content (AvgIpc) is 2.56. The molecule has 2 amide bonds. The van der Waals surface area contributed by atoms with Gasteiger partial charge in [0.05, 0.1) is 6.54 Å². The molecule has 3 N–H and O–H groups in total. The molecule has 132 valence electrons. The second-order valence-electron chi connectivity index (χ2n) is 6.75. The van der Waals surface area contributed by atoms with E-state index in [0.29, 0.717) is 6.54 Å². The third-order valence-electron chi connectivity index (χ3n) is 4.62. The van der Waals surface area contributed by atoms with Crippen LogP contribution >= 0.6 is 0 Å². The molecule has 1 aromatic rings. The molecule has 5 heteroatoms. The molecule has 0 aliphatic heterocycles. The van der Waals surface area contributed by atoms with Crippen LogP contribution in [0.1, 0.15) is 44.6 Å². The van der Waals surface area contributed by atoms with Crippen molar-refractivity contribution >= 4 is 17.5 Å². The molecule has 0 spiro atoms. The van der Waals surface area contributed by atoms with Crippen LogP contribution in [0.5, 0.6) is 0 Å². The Morgan fingerprint density at radius 3 is 2.71 bits per heavy atom. The normalized spacial score (nSPS) is 20.5. The third-order valence-corrected chi connectivity index (χ3v) is 4.62. The fourth-order valence-corrected chi connectivity index (χ4v) is 3.32. The van der Waals surface area contributed by atoms with Gasteiger partial charge in [0, 0.05) is 24.2 Å². The minimum absolute atomic E-state index is 0.0356. The summed E-state index contributed by atoms with van der Waals surface area (Å²) >= 11 is 0. The molecule has 0 bridgehead atoms. The fourth-order valence-electron chi connectivity index (χ4n) is 3.32. The summed E-state index contributed by atoms with van der Waals surface area (Å²) < 4.78 is 0. The van der Waals surface area contributed by atoms with Crippen LogP contribution in [0.3, 0.4) is 0 Å². The Kier molecular flexibility index (Phi) is 6.79. The van der Waals surface area contributed by atoms with Crippen molar-refractivity contribution < 1.29 is 9.59 Å². The van der Waals surface area contributed by atoms with E-state index in [0.717, 1.165) is 43.4 Å². The van der Waals surface area contributed by atoms with Crippen molar-refractivity contribution in [3.63, 3.8) is 0 Å².